The fraction of sp³-hybridized carbons (Fsp3) is 0.857. The number of carbonyl (C=O) groups is 2. The lowest BCUT2D eigenvalue weighted by Crippen LogP contribution is -2.44. The van der Waals surface area contributed by atoms with E-state index in [-0.39, 0.29) is 18.5 Å². The smallest absolute Gasteiger partial charge is 0.317 e. The van der Waals surface area contributed by atoms with Gasteiger partial charge in [0.1, 0.15) is 0 Å². The predicted octanol–water partition coefficient (Wildman–Crippen LogP) is 2.80. The number of aliphatic carboxylic acids is 1. The van der Waals surface area contributed by atoms with Crippen molar-refractivity contribution in [3.05, 3.63) is 0 Å². The first-order valence-corrected chi connectivity index (χ1v) is 8.63. The molecular weight excluding hydrogens is 276 g/mol. The Morgan fingerprint density at radius 3 is 2.45 bits per heavy atom. The minimum Gasteiger partial charge on any atom is -0.481 e. The van der Waals surface area contributed by atoms with Crippen molar-refractivity contribution in [2.45, 2.75) is 51.5 Å². The van der Waals surface area contributed by atoms with Gasteiger partial charge in [0.05, 0.1) is 0 Å². The van der Waals surface area contributed by atoms with Crippen molar-refractivity contribution in [2.75, 3.05) is 25.6 Å². The Morgan fingerprint density at radius 1 is 1.25 bits per heavy atom. The molecule has 0 aromatic heterocycles. The number of rotatable bonds is 11. The maximum atomic E-state index is 11.9. The van der Waals surface area contributed by atoms with Crippen LogP contribution in [0.5, 0.6) is 0 Å². The molecule has 0 aromatic rings. The summed E-state index contributed by atoms with van der Waals surface area (Å²) in [4.78, 5) is 24.0. The van der Waals surface area contributed by atoms with Gasteiger partial charge < -0.3 is 15.3 Å². The Bertz CT molecular complexity index is 288. The Labute approximate surface area is 126 Å². The van der Waals surface area contributed by atoms with Crippen molar-refractivity contribution >= 4 is 23.8 Å². The summed E-state index contributed by atoms with van der Waals surface area (Å²) in [5.74, 6) is 0.217. The molecule has 0 aliphatic heterocycles. The van der Waals surface area contributed by atoms with Gasteiger partial charge in [-0.2, -0.15) is 11.8 Å². The third-order valence-electron chi connectivity index (χ3n) is 3.29. The molecule has 0 saturated carbocycles. The van der Waals surface area contributed by atoms with Crippen molar-refractivity contribution < 1.29 is 14.7 Å². The number of nitrogens with one attached hydrogen (secondary N) is 1. The highest BCUT2D eigenvalue weighted by atomic mass is 32.2. The monoisotopic (exact) mass is 304 g/mol. The van der Waals surface area contributed by atoms with E-state index in [4.69, 9.17) is 5.11 Å². The fourth-order valence-corrected chi connectivity index (χ4v) is 2.78. The number of thioether (sulfide) groups is 1. The van der Waals surface area contributed by atoms with Gasteiger partial charge >= 0.3 is 12.0 Å². The van der Waals surface area contributed by atoms with E-state index < -0.39 is 5.97 Å². The minimum absolute atomic E-state index is 0.0172. The first-order valence-electron chi connectivity index (χ1n) is 7.24. The summed E-state index contributed by atoms with van der Waals surface area (Å²) in [5, 5.41) is 11.4. The molecule has 0 spiro atoms. The zero-order valence-corrected chi connectivity index (χ0v) is 13.7. The minimum atomic E-state index is -0.737. The fourth-order valence-electron chi connectivity index (χ4n) is 1.94. The number of nitrogens with zero attached hydrogens (tertiary/aromatic N) is 1. The van der Waals surface area contributed by atoms with E-state index in [9.17, 15) is 9.59 Å². The van der Waals surface area contributed by atoms with Crippen LogP contribution in [-0.4, -0.2) is 53.6 Å². The van der Waals surface area contributed by atoms with E-state index in [1.165, 1.54) is 0 Å². The Morgan fingerprint density at radius 2 is 1.90 bits per heavy atom. The molecule has 0 saturated heterocycles. The molecule has 1 unspecified atom stereocenters. The molecule has 2 amide bonds. The van der Waals surface area contributed by atoms with E-state index >= 15 is 0 Å². The zero-order chi connectivity index (χ0) is 15.4. The van der Waals surface area contributed by atoms with Gasteiger partial charge in [0.25, 0.3) is 0 Å². The number of carboxylic acid groups (broad SMARTS) is 1. The number of urea groups is 1. The van der Waals surface area contributed by atoms with Gasteiger partial charge in [-0.25, -0.2) is 4.79 Å². The maximum absolute atomic E-state index is 11.9. The third kappa shape index (κ3) is 9.07. The first-order chi connectivity index (χ1) is 9.52. The molecule has 0 aromatic carbocycles. The highest BCUT2D eigenvalue weighted by Crippen LogP contribution is 2.08. The van der Waals surface area contributed by atoms with Crippen LogP contribution in [0.3, 0.4) is 0 Å². The molecule has 118 valence electrons. The van der Waals surface area contributed by atoms with Gasteiger partial charge in [0.2, 0.25) is 0 Å². The molecule has 2 N–H and O–H groups in total. The van der Waals surface area contributed by atoms with Crippen LogP contribution in [-0.2, 0) is 4.79 Å². The van der Waals surface area contributed by atoms with E-state index in [2.05, 4.69) is 12.2 Å². The van der Waals surface area contributed by atoms with E-state index in [0.29, 0.717) is 6.54 Å². The molecule has 0 bridgehead atoms. The summed E-state index contributed by atoms with van der Waals surface area (Å²) < 4.78 is 0. The molecule has 0 radical (unpaired) electrons. The van der Waals surface area contributed by atoms with Gasteiger partial charge in [-0.3, -0.25) is 4.79 Å². The van der Waals surface area contributed by atoms with Crippen LogP contribution in [0.2, 0.25) is 0 Å². The van der Waals surface area contributed by atoms with Crippen molar-refractivity contribution in [1.82, 2.24) is 10.2 Å². The zero-order valence-electron chi connectivity index (χ0n) is 12.9. The maximum Gasteiger partial charge on any atom is 0.317 e. The van der Waals surface area contributed by atoms with Crippen molar-refractivity contribution in [1.29, 1.82) is 0 Å². The van der Waals surface area contributed by atoms with Gasteiger partial charge in [-0.1, -0.05) is 19.8 Å². The highest BCUT2D eigenvalue weighted by Gasteiger charge is 2.16. The van der Waals surface area contributed by atoms with Crippen molar-refractivity contribution in [2.24, 2.45) is 0 Å². The normalized spacial score (nSPS) is 11.9. The molecule has 0 rings (SSSR count). The van der Waals surface area contributed by atoms with Crippen LogP contribution in [0, 0.1) is 0 Å². The van der Waals surface area contributed by atoms with E-state index in [0.717, 1.165) is 37.9 Å². The number of hydrogen-bond donors (Lipinski definition) is 2. The number of carboxylic acids is 1. The standard InChI is InChI=1S/C14H28N2O3S/c1-4-12(11-20-3)16(2)14(19)15-10-8-6-5-7-9-13(17)18/h12H,4-11H2,1-3H3,(H,15,19)(H,17,18). The largest absolute Gasteiger partial charge is 0.481 e. The molecule has 20 heavy (non-hydrogen) atoms. The molecule has 0 aliphatic carbocycles. The quantitative estimate of drug-likeness (QED) is 0.576. The molecule has 0 fully saturated rings. The Balaban J connectivity index is 3.68. The summed E-state index contributed by atoms with van der Waals surface area (Å²) in [6.07, 6.45) is 6.72. The highest BCUT2D eigenvalue weighted by molar-refractivity contribution is 7.98. The van der Waals surface area contributed by atoms with Gasteiger partial charge in [-0.15, -0.1) is 0 Å². The summed E-state index contributed by atoms with van der Waals surface area (Å²) in [6, 6.07) is 0.261. The third-order valence-corrected chi connectivity index (χ3v) is 4.01. The lowest BCUT2D eigenvalue weighted by molar-refractivity contribution is -0.137. The van der Waals surface area contributed by atoms with Gasteiger partial charge in [-0.05, 0) is 25.5 Å². The van der Waals surface area contributed by atoms with Gasteiger partial charge in [0, 0.05) is 31.8 Å². The number of carbonyl (C=O) groups excluding carboxylic acids is 1. The average molecular weight is 304 g/mol. The van der Waals surface area contributed by atoms with Crippen LogP contribution < -0.4 is 5.32 Å². The summed E-state index contributed by atoms with van der Waals surface area (Å²) in [7, 11) is 1.84. The van der Waals surface area contributed by atoms with Crippen LogP contribution in [0.15, 0.2) is 0 Å². The molecule has 5 nitrogen and oxygen atoms in total. The number of hydrogen-bond acceptors (Lipinski definition) is 3. The van der Waals surface area contributed by atoms with Crippen molar-refractivity contribution in [3.8, 4) is 0 Å². The van der Waals surface area contributed by atoms with Crippen LogP contribution in [0.25, 0.3) is 0 Å². The molecule has 0 aliphatic rings. The summed E-state index contributed by atoms with van der Waals surface area (Å²) >= 11 is 1.75. The Kier molecular flexibility index (Phi) is 11.3. The second-order valence-corrected chi connectivity index (χ2v) is 5.83. The topological polar surface area (TPSA) is 69.6 Å². The predicted molar refractivity (Wildman–Crippen MR) is 84.3 cm³/mol. The second kappa shape index (κ2) is 11.9. The lowest BCUT2D eigenvalue weighted by atomic mass is 10.1. The molecule has 0 heterocycles. The van der Waals surface area contributed by atoms with Crippen LogP contribution >= 0.6 is 11.8 Å². The number of unbranched alkanes of at least 4 members (excludes halogenated alkanes) is 3. The molecule has 1 atom stereocenters. The summed E-state index contributed by atoms with van der Waals surface area (Å²) in [5.41, 5.74) is 0. The van der Waals surface area contributed by atoms with Crippen molar-refractivity contribution in [3.63, 3.8) is 0 Å². The first kappa shape index (κ1) is 19.1. The van der Waals surface area contributed by atoms with E-state index in [1.54, 1.807) is 16.7 Å². The van der Waals surface area contributed by atoms with Gasteiger partial charge in [0.15, 0.2) is 0 Å². The summed E-state index contributed by atoms with van der Waals surface area (Å²) in [6.45, 7) is 2.75. The lowest BCUT2D eigenvalue weighted by Gasteiger charge is -2.26. The van der Waals surface area contributed by atoms with E-state index in [1.807, 2.05) is 13.3 Å². The van der Waals surface area contributed by atoms with Crippen LogP contribution in [0.1, 0.15) is 45.4 Å². The Hall–Kier alpha value is -0.910. The average Bonchev–Trinajstić information content (AvgIpc) is 2.42. The number of amides is 2. The molecule has 6 heteroatoms. The molecular formula is C14H28N2O3S. The SMILES string of the molecule is CCC(CSC)N(C)C(=O)NCCCCCCC(=O)O. The van der Waals surface area contributed by atoms with Crippen LogP contribution in [0.4, 0.5) is 4.79 Å². The second-order valence-electron chi connectivity index (χ2n) is 4.92.